The lowest BCUT2D eigenvalue weighted by atomic mass is 10.2. The zero-order valence-electron chi connectivity index (χ0n) is 16.5. The highest BCUT2D eigenvalue weighted by atomic mass is 16.5. The maximum atomic E-state index is 12.5. The first kappa shape index (κ1) is 20.5. The Morgan fingerprint density at radius 3 is 2.26 bits per heavy atom. The van der Waals surface area contributed by atoms with Crippen LogP contribution in [-0.2, 0) is 16.1 Å². The number of rotatable bonds is 8. The van der Waals surface area contributed by atoms with Crippen molar-refractivity contribution in [2.24, 2.45) is 0 Å². The zero-order valence-corrected chi connectivity index (χ0v) is 16.5. The number of amides is 2. The van der Waals surface area contributed by atoms with Crippen molar-refractivity contribution in [3.8, 4) is 5.75 Å². The summed E-state index contributed by atoms with van der Waals surface area (Å²) in [7, 11) is 1.78. The van der Waals surface area contributed by atoms with E-state index in [0.29, 0.717) is 24.5 Å². The van der Waals surface area contributed by atoms with Crippen molar-refractivity contribution in [1.82, 2.24) is 4.90 Å². The van der Waals surface area contributed by atoms with E-state index in [0.717, 1.165) is 5.56 Å². The molecule has 5 nitrogen and oxygen atoms in total. The van der Waals surface area contributed by atoms with E-state index in [2.05, 4.69) is 0 Å². The Labute approximate surface area is 161 Å². The van der Waals surface area contributed by atoms with Gasteiger partial charge in [0, 0.05) is 33.5 Å². The summed E-state index contributed by atoms with van der Waals surface area (Å²) in [5.74, 6) is 0.522. The normalized spacial score (nSPS) is 10.6. The van der Waals surface area contributed by atoms with Crippen LogP contribution < -0.4 is 9.64 Å². The molecule has 0 unspecified atom stereocenters. The average Bonchev–Trinajstić information content (AvgIpc) is 2.63. The van der Waals surface area contributed by atoms with E-state index in [4.69, 9.17) is 4.74 Å². The van der Waals surface area contributed by atoms with Crippen molar-refractivity contribution in [2.75, 3.05) is 18.5 Å². The maximum Gasteiger partial charge on any atom is 0.224 e. The lowest BCUT2D eigenvalue weighted by molar-refractivity contribution is -0.130. The summed E-state index contributed by atoms with van der Waals surface area (Å²) in [5, 5.41) is 0. The summed E-state index contributed by atoms with van der Waals surface area (Å²) >= 11 is 0. The molecule has 0 bridgehead atoms. The highest BCUT2D eigenvalue weighted by molar-refractivity contribution is 5.93. The molecule has 0 saturated heterocycles. The fraction of sp³-hybridized carbons (Fsp3) is 0.364. The third kappa shape index (κ3) is 6.13. The van der Waals surface area contributed by atoms with E-state index < -0.39 is 0 Å². The Balaban J connectivity index is 2.04. The van der Waals surface area contributed by atoms with Gasteiger partial charge in [0.05, 0.1) is 11.8 Å². The first-order valence-electron chi connectivity index (χ1n) is 9.20. The van der Waals surface area contributed by atoms with Crippen LogP contribution in [0, 0.1) is 0 Å². The van der Waals surface area contributed by atoms with Gasteiger partial charge in [-0.05, 0) is 31.5 Å². The minimum atomic E-state index is -0.117. The second-order valence-electron chi connectivity index (χ2n) is 6.79. The van der Waals surface area contributed by atoms with Gasteiger partial charge < -0.3 is 14.5 Å². The molecular weight excluding hydrogens is 340 g/mol. The molecule has 2 aromatic rings. The predicted octanol–water partition coefficient (Wildman–Crippen LogP) is 3.88. The summed E-state index contributed by atoms with van der Waals surface area (Å²) in [5.41, 5.74) is 1.77. The molecule has 27 heavy (non-hydrogen) atoms. The number of hydrogen-bond acceptors (Lipinski definition) is 3. The fourth-order valence-corrected chi connectivity index (χ4v) is 2.83. The van der Waals surface area contributed by atoms with E-state index in [1.165, 1.54) is 6.92 Å². The Kier molecular flexibility index (Phi) is 7.41. The smallest absolute Gasteiger partial charge is 0.224 e. The molecule has 2 aromatic carbocycles. The number of hydrogen-bond donors (Lipinski definition) is 0. The van der Waals surface area contributed by atoms with Crippen molar-refractivity contribution in [3.63, 3.8) is 0 Å². The van der Waals surface area contributed by atoms with Gasteiger partial charge in [-0.25, -0.2) is 0 Å². The molecule has 0 atom stereocenters. The lowest BCUT2D eigenvalue weighted by Gasteiger charge is -2.25. The largest absolute Gasteiger partial charge is 0.489 e. The van der Waals surface area contributed by atoms with Gasteiger partial charge in [-0.1, -0.05) is 42.5 Å². The monoisotopic (exact) mass is 368 g/mol. The maximum absolute atomic E-state index is 12.5. The topological polar surface area (TPSA) is 49.9 Å². The van der Waals surface area contributed by atoms with Crippen molar-refractivity contribution < 1.29 is 14.3 Å². The van der Waals surface area contributed by atoms with Crippen LogP contribution in [0.1, 0.15) is 32.8 Å². The van der Waals surface area contributed by atoms with E-state index in [9.17, 15) is 9.59 Å². The molecular formula is C22H28N2O3. The summed E-state index contributed by atoms with van der Waals surface area (Å²) < 4.78 is 5.82. The standard InChI is InChI=1S/C22H28N2O3/c1-17(2)27-21-13-9-8-12-20(21)24(18(3)25)15-14-22(26)23(4)16-19-10-6-5-7-11-19/h5-13,17H,14-16H2,1-4H3. The Hall–Kier alpha value is -2.82. The summed E-state index contributed by atoms with van der Waals surface area (Å²) in [6, 6.07) is 17.3. The van der Waals surface area contributed by atoms with Gasteiger partial charge in [-0.2, -0.15) is 0 Å². The van der Waals surface area contributed by atoms with E-state index >= 15 is 0 Å². The molecule has 0 aromatic heterocycles. The van der Waals surface area contributed by atoms with Crippen LogP contribution in [0.25, 0.3) is 0 Å². The first-order chi connectivity index (χ1) is 12.9. The molecule has 2 rings (SSSR count). The molecule has 0 spiro atoms. The highest BCUT2D eigenvalue weighted by Crippen LogP contribution is 2.29. The van der Waals surface area contributed by atoms with Crippen LogP contribution in [0.4, 0.5) is 5.69 Å². The van der Waals surface area contributed by atoms with Gasteiger partial charge in [0.1, 0.15) is 5.75 Å². The number of para-hydroxylation sites is 2. The van der Waals surface area contributed by atoms with Crippen LogP contribution in [-0.4, -0.2) is 36.4 Å². The number of anilines is 1. The molecule has 0 radical (unpaired) electrons. The Bertz CT molecular complexity index is 759. The minimum absolute atomic E-state index is 0.00130. The molecule has 0 heterocycles. The molecule has 0 N–H and O–H groups in total. The van der Waals surface area contributed by atoms with Gasteiger partial charge in [0.25, 0.3) is 0 Å². The summed E-state index contributed by atoms with van der Waals surface area (Å²) in [4.78, 5) is 28.0. The predicted molar refractivity (Wildman–Crippen MR) is 108 cm³/mol. The van der Waals surface area contributed by atoms with Crippen LogP contribution >= 0.6 is 0 Å². The van der Waals surface area contributed by atoms with Crippen molar-refractivity contribution >= 4 is 17.5 Å². The lowest BCUT2D eigenvalue weighted by Crippen LogP contribution is -2.35. The van der Waals surface area contributed by atoms with Gasteiger partial charge in [0.15, 0.2) is 0 Å². The van der Waals surface area contributed by atoms with E-state index in [1.807, 2.05) is 68.4 Å². The van der Waals surface area contributed by atoms with E-state index in [1.54, 1.807) is 16.8 Å². The fourth-order valence-electron chi connectivity index (χ4n) is 2.83. The molecule has 144 valence electrons. The van der Waals surface area contributed by atoms with Crippen LogP contribution in [0.5, 0.6) is 5.75 Å². The third-order valence-corrected chi connectivity index (χ3v) is 4.14. The van der Waals surface area contributed by atoms with Crippen molar-refractivity contribution in [3.05, 3.63) is 60.2 Å². The number of carbonyl (C=O) groups is 2. The third-order valence-electron chi connectivity index (χ3n) is 4.14. The molecule has 0 saturated carbocycles. The van der Waals surface area contributed by atoms with E-state index in [-0.39, 0.29) is 24.3 Å². The number of benzene rings is 2. The number of ether oxygens (including phenoxy) is 1. The van der Waals surface area contributed by atoms with Crippen molar-refractivity contribution in [1.29, 1.82) is 0 Å². The van der Waals surface area contributed by atoms with Gasteiger partial charge in [-0.3, -0.25) is 9.59 Å². The number of nitrogens with zero attached hydrogens (tertiary/aromatic N) is 2. The second-order valence-corrected chi connectivity index (χ2v) is 6.79. The van der Waals surface area contributed by atoms with Gasteiger partial charge in [-0.15, -0.1) is 0 Å². The summed E-state index contributed by atoms with van der Waals surface area (Å²) in [6.45, 7) is 6.25. The van der Waals surface area contributed by atoms with Crippen LogP contribution in [0.15, 0.2) is 54.6 Å². The minimum Gasteiger partial charge on any atom is -0.489 e. The summed E-state index contributed by atoms with van der Waals surface area (Å²) in [6.07, 6.45) is 0.248. The molecule has 5 heteroatoms. The SMILES string of the molecule is CC(=O)N(CCC(=O)N(C)Cc1ccccc1)c1ccccc1OC(C)C. The molecule has 0 aliphatic heterocycles. The Morgan fingerprint density at radius 2 is 1.63 bits per heavy atom. The van der Waals surface area contributed by atoms with Gasteiger partial charge >= 0.3 is 0 Å². The average molecular weight is 368 g/mol. The van der Waals surface area contributed by atoms with Crippen LogP contribution in [0.3, 0.4) is 0 Å². The van der Waals surface area contributed by atoms with Gasteiger partial charge in [0.2, 0.25) is 11.8 Å². The first-order valence-corrected chi connectivity index (χ1v) is 9.20. The molecule has 2 amide bonds. The van der Waals surface area contributed by atoms with Crippen LogP contribution in [0.2, 0.25) is 0 Å². The zero-order chi connectivity index (χ0) is 19.8. The number of carbonyl (C=O) groups excluding carboxylic acids is 2. The molecule has 0 aliphatic carbocycles. The quantitative estimate of drug-likeness (QED) is 0.711. The molecule has 0 fully saturated rings. The highest BCUT2D eigenvalue weighted by Gasteiger charge is 2.19. The Morgan fingerprint density at radius 1 is 1.00 bits per heavy atom. The van der Waals surface area contributed by atoms with Crippen molar-refractivity contribution in [2.45, 2.75) is 39.8 Å². The molecule has 0 aliphatic rings. The second kappa shape index (κ2) is 9.76.